The Morgan fingerprint density at radius 3 is 2.46 bits per heavy atom. The van der Waals surface area contributed by atoms with Gasteiger partial charge in [0, 0.05) is 19.3 Å². The summed E-state index contributed by atoms with van der Waals surface area (Å²) in [5, 5.41) is 11.5. The molecule has 0 bridgehead atoms. The molecule has 0 amide bonds. The maximum Gasteiger partial charge on any atom is 0.238 e. The second kappa shape index (κ2) is 11.1. The average molecular weight is 489 g/mol. The van der Waals surface area contributed by atoms with Crippen LogP contribution in [0.25, 0.3) is 0 Å². The van der Waals surface area contributed by atoms with Crippen LogP contribution in [-0.4, -0.2) is 32.5 Å². The van der Waals surface area contributed by atoms with E-state index in [4.69, 9.17) is 5.14 Å². The van der Waals surface area contributed by atoms with E-state index >= 15 is 0 Å². The molecule has 7 nitrogen and oxygen atoms in total. The van der Waals surface area contributed by atoms with Crippen LogP contribution in [-0.2, 0) is 23.0 Å². The molecule has 0 radical (unpaired) electrons. The van der Waals surface area contributed by atoms with E-state index in [9.17, 15) is 8.42 Å². The number of guanidine groups is 1. The van der Waals surface area contributed by atoms with E-state index in [0.29, 0.717) is 19.0 Å². The summed E-state index contributed by atoms with van der Waals surface area (Å²) in [6, 6.07) is 12.3. The maximum absolute atomic E-state index is 11.2. The third-order valence-corrected chi connectivity index (χ3v) is 4.36. The number of aliphatic imine (C=N–C) groups is 1. The molecule has 142 valence electrons. The number of rotatable bonds is 7. The van der Waals surface area contributed by atoms with Gasteiger partial charge in [0.15, 0.2) is 5.96 Å². The third-order valence-electron chi connectivity index (χ3n) is 3.43. The Kier molecular flexibility index (Phi) is 9.52. The molecule has 2 aromatic rings. The van der Waals surface area contributed by atoms with Gasteiger partial charge in [0.1, 0.15) is 0 Å². The van der Waals surface area contributed by atoms with E-state index in [-0.39, 0.29) is 28.9 Å². The lowest BCUT2D eigenvalue weighted by molar-refractivity contribution is 0.598. The molecule has 0 atom stereocenters. The van der Waals surface area contributed by atoms with Gasteiger partial charge < -0.3 is 10.6 Å². The van der Waals surface area contributed by atoms with Crippen molar-refractivity contribution in [3.8, 4) is 0 Å². The van der Waals surface area contributed by atoms with Crippen LogP contribution in [0.5, 0.6) is 0 Å². The van der Waals surface area contributed by atoms with Crippen molar-refractivity contribution >= 4 is 40.0 Å². The van der Waals surface area contributed by atoms with Crippen molar-refractivity contribution in [2.45, 2.75) is 24.8 Å². The van der Waals surface area contributed by atoms with Gasteiger partial charge in [-0.1, -0.05) is 18.2 Å². The molecule has 0 saturated carbocycles. The second-order valence-electron chi connectivity index (χ2n) is 5.38. The predicted molar refractivity (Wildman–Crippen MR) is 114 cm³/mol. The molecule has 1 aromatic carbocycles. The van der Waals surface area contributed by atoms with Crippen molar-refractivity contribution in [2.75, 3.05) is 13.1 Å². The molecular formula is C17H24IN5O2S. The standard InChI is InChI=1S/C17H23N5O2S.HI/c1-2-19-17(22-13-15-5-3-4-11-20-15)21-12-10-14-6-8-16(9-7-14)25(18,23)24;/h3-9,11H,2,10,12-13H2,1H3,(H2,18,23,24)(H2,19,21,22);1H. The fourth-order valence-electron chi connectivity index (χ4n) is 2.16. The van der Waals surface area contributed by atoms with Gasteiger partial charge >= 0.3 is 0 Å². The number of halogens is 1. The fraction of sp³-hybridized carbons (Fsp3) is 0.294. The summed E-state index contributed by atoms with van der Waals surface area (Å²) >= 11 is 0. The molecule has 2 rings (SSSR count). The molecule has 0 saturated heterocycles. The molecule has 0 aliphatic rings. The summed E-state index contributed by atoms with van der Waals surface area (Å²) in [5.74, 6) is 0.717. The molecule has 0 unspecified atom stereocenters. The van der Waals surface area contributed by atoms with Crippen LogP contribution in [0.4, 0.5) is 0 Å². The van der Waals surface area contributed by atoms with Crippen molar-refractivity contribution < 1.29 is 8.42 Å². The minimum Gasteiger partial charge on any atom is -0.357 e. The Labute approximate surface area is 171 Å². The second-order valence-corrected chi connectivity index (χ2v) is 6.94. The number of hydrogen-bond acceptors (Lipinski definition) is 4. The highest BCUT2D eigenvalue weighted by molar-refractivity contribution is 14.0. The van der Waals surface area contributed by atoms with Gasteiger partial charge in [0.25, 0.3) is 0 Å². The fourth-order valence-corrected chi connectivity index (χ4v) is 2.68. The number of nitrogens with one attached hydrogen (secondary N) is 2. The van der Waals surface area contributed by atoms with Crippen molar-refractivity contribution in [3.05, 3.63) is 59.9 Å². The van der Waals surface area contributed by atoms with Gasteiger partial charge in [-0.3, -0.25) is 4.98 Å². The number of nitrogens with zero attached hydrogens (tertiary/aromatic N) is 2. The number of sulfonamides is 1. The summed E-state index contributed by atoms with van der Waals surface area (Å²) in [6.45, 7) is 3.93. The zero-order valence-corrected chi connectivity index (χ0v) is 17.7. The largest absolute Gasteiger partial charge is 0.357 e. The first-order valence-corrected chi connectivity index (χ1v) is 9.57. The lowest BCUT2D eigenvalue weighted by Crippen LogP contribution is -2.38. The number of aromatic nitrogens is 1. The zero-order chi connectivity index (χ0) is 18.1. The van der Waals surface area contributed by atoms with E-state index in [1.54, 1.807) is 18.3 Å². The predicted octanol–water partition coefficient (Wildman–Crippen LogP) is 1.64. The highest BCUT2D eigenvalue weighted by atomic mass is 127. The van der Waals surface area contributed by atoms with Crippen molar-refractivity contribution in [3.63, 3.8) is 0 Å². The Hall–Kier alpha value is -1.72. The van der Waals surface area contributed by atoms with Gasteiger partial charge in [-0.05, 0) is 43.2 Å². The Morgan fingerprint density at radius 1 is 1.15 bits per heavy atom. The quantitative estimate of drug-likeness (QED) is 0.311. The van der Waals surface area contributed by atoms with Crippen LogP contribution < -0.4 is 15.8 Å². The summed E-state index contributed by atoms with van der Waals surface area (Å²) in [5.41, 5.74) is 1.92. The van der Waals surface area contributed by atoms with E-state index < -0.39 is 10.0 Å². The first-order chi connectivity index (χ1) is 12.0. The van der Waals surface area contributed by atoms with Crippen LogP contribution >= 0.6 is 24.0 Å². The lowest BCUT2D eigenvalue weighted by Gasteiger charge is -2.11. The Bertz CT molecular complexity index is 796. The van der Waals surface area contributed by atoms with Crippen LogP contribution in [0.15, 0.2) is 58.5 Å². The van der Waals surface area contributed by atoms with E-state index in [2.05, 4.69) is 20.6 Å². The van der Waals surface area contributed by atoms with E-state index in [1.807, 2.05) is 25.1 Å². The number of nitrogens with two attached hydrogens (primary N) is 1. The first kappa shape index (κ1) is 22.3. The van der Waals surface area contributed by atoms with Crippen LogP contribution in [0, 0.1) is 0 Å². The van der Waals surface area contributed by atoms with Gasteiger partial charge in [-0.25, -0.2) is 18.5 Å². The molecule has 4 N–H and O–H groups in total. The lowest BCUT2D eigenvalue weighted by atomic mass is 10.1. The summed E-state index contributed by atoms with van der Waals surface area (Å²) < 4.78 is 22.5. The van der Waals surface area contributed by atoms with Gasteiger partial charge in [-0.15, -0.1) is 24.0 Å². The molecule has 1 aromatic heterocycles. The highest BCUT2D eigenvalue weighted by Gasteiger charge is 2.06. The SMILES string of the molecule is CCNC(=NCc1ccccn1)NCCc1ccc(S(N)(=O)=O)cc1.I. The number of primary sulfonamides is 1. The van der Waals surface area contributed by atoms with Crippen LogP contribution in [0.2, 0.25) is 0 Å². The van der Waals surface area contributed by atoms with Crippen LogP contribution in [0.1, 0.15) is 18.2 Å². The normalized spacial score (nSPS) is 11.5. The minimum atomic E-state index is -3.65. The Balaban J connectivity index is 0.00000338. The minimum absolute atomic E-state index is 0. The topological polar surface area (TPSA) is 109 Å². The molecule has 0 spiro atoms. The van der Waals surface area contributed by atoms with Gasteiger partial charge in [0.2, 0.25) is 10.0 Å². The van der Waals surface area contributed by atoms with Gasteiger partial charge in [-0.2, -0.15) is 0 Å². The monoisotopic (exact) mass is 489 g/mol. The number of pyridine rings is 1. The van der Waals surface area contributed by atoms with Crippen molar-refractivity contribution in [2.24, 2.45) is 10.1 Å². The van der Waals surface area contributed by atoms with Crippen LogP contribution in [0.3, 0.4) is 0 Å². The smallest absolute Gasteiger partial charge is 0.238 e. The average Bonchev–Trinajstić information content (AvgIpc) is 2.60. The molecule has 1 heterocycles. The molecule has 0 aliphatic carbocycles. The molecule has 0 fully saturated rings. The highest BCUT2D eigenvalue weighted by Crippen LogP contribution is 2.08. The third kappa shape index (κ3) is 7.67. The van der Waals surface area contributed by atoms with Crippen molar-refractivity contribution in [1.82, 2.24) is 15.6 Å². The molecule has 26 heavy (non-hydrogen) atoms. The van der Waals surface area contributed by atoms with Crippen molar-refractivity contribution in [1.29, 1.82) is 0 Å². The van der Waals surface area contributed by atoms with E-state index in [0.717, 1.165) is 24.2 Å². The summed E-state index contributed by atoms with van der Waals surface area (Å²) in [6.07, 6.45) is 2.48. The zero-order valence-electron chi connectivity index (χ0n) is 14.6. The molecular weight excluding hydrogens is 465 g/mol. The summed E-state index contributed by atoms with van der Waals surface area (Å²) in [7, 11) is -3.65. The number of benzene rings is 1. The van der Waals surface area contributed by atoms with E-state index in [1.165, 1.54) is 12.1 Å². The molecule has 0 aliphatic heterocycles. The first-order valence-electron chi connectivity index (χ1n) is 8.03. The number of hydrogen-bond donors (Lipinski definition) is 3. The molecule has 9 heteroatoms. The van der Waals surface area contributed by atoms with Gasteiger partial charge in [0.05, 0.1) is 17.1 Å². The Morgan fingerprint density at radius 2 is 1.88 bits per heavy atom. The summed E-state index contributed by atoms with van der Waals surface area (Å²) in [4.78, 5) is 8.86. The maximum atomic E-state index is 11.2.